The Hall–Kier alpha value is -1.97. The fraction of sp³-hybridized carbons (Fsp3) is 0.438. The Morgan fingerprint density at radius 3 is 2.25 bits per heavy atom. The van der Waals surface area contributed by atoms with E-state index in [0.717, 1.165) is 36.7 Å². The number of hydrogen-bond acceptors (Lipinski definition) is 3. The number of aryl methyl sites for hydroxylation is 2. The third-order valence-electron chi connectivity index (χ3n) is 3.66. The largest absolute Gasteiger partial charge is 0.378 e. The lowest BCUT2D eigenvalue weighted by molar-refractivity contribution is 0.865. The lowest BCUT2D eigenvalue weighted by Gasteiger charge is -2.21. The van der Waals surface area contributed by atoms with Crippen molar-refractivity contribution < 1.29 is 0 Å². The minimum Gasteiger partial charge on any atom is -0.378 e. The molecule has 0 saturated heterocycles. The van der Waals surface area contributed by atoms with Gasteiger partial charge in [0.05, 0.1) is 17.1 Å². The van der Waals surface area contributed by atoms with E-state index in [1.807, 2.05) is 13.8 Å². The zero-order chi connectivity index (χ0) is 14.5. The minimum atomic E-state index is 0.819. The Morgan fingerprint density at radius 2 is 1.75 bits per heavy atom. The summed E-state index contributed by atoms with van der Waals surface area (Å²) in [6.07, 6.45) is 0. The summed E-state index contributed by atoms with van der Waals surface area (Å²) in [6, 6.07) is 8.76. The molecular formula is C16H24N4. The number of anilines is 2. The zero-order valence-corrected chi connectivity index (χ0v) is 12.8. The summed E-state index contributed by atoms with van der Waals surface area (Å²) in [4.78, 5) is 2.35. The van der Waals surface area contributed by atoms with Crippen LogP contribution in [0.25, 0.3) is 0 Å². The van der Waals surface area contributed by atoms with E-state index < -0.39 is 0 Å². The summed E-state index contributed by atoms with van der Waals surface area (Å²) < 4.78 is 0. The van der Waals surface area contributed by atoms with Crippen molar-refractivity contribution in [2.45, 2.75) is 34.2 Å². The average Bonchev–Trinajstić information content (AvgIpc) is 2.78. The minimum absolute atomic E-state index is 0.819. The average molecular weight is 272 g/mol. The van der Waals surface area contributed by atoms with Crippen molar-refractivity contribution >= 4 is 11.4 Å². The molecule has 0 atom stereocenters. The summed E-state index contributed by atoms with van der Waals surface area (Å²) in [5.74, 6) is 0. The third-order valence-corrected chi connectivity index (χ3v) is 3.66. The lowest BCUT2D eigenvalue weighted by atomic mass is 10.2. The molecule has 0 amide bonds. The third kappa shape index (κ3) is 3.13. The second-order valence-electron chi connectivity index (χ2n) is 5.00. The van der Waals surface area contributed by atoms with Crippen LogP contribution in [-0.2, 0) is 6.54 Å². The Balaban J connectivity index is 2.01. The fourth-order valence-corrected chi connectivity index (χ4v) is 2.42. The lowest BCUT2D eigenvalue weighted by Crippen LogP contribution is -2.21. The van der Waals surface area contributed by atoms with Crippen LogP contribution in [0.3, 0.4) is 0 Å². The molecule has 20 heavy (non-hydrogen) atoms. The van der Waals surface area contributed by atoms with Crippen molar-refractivity contribution in [2.75, 3.05) is 23.3 Å². The zero-order valence-electron chi connectivity index (χ0n) is 12.8. The second kappa shape index (κ2) is 6.46. The van der Waals surface area contributed by atoms with Crippen LogP contribution in [0.2, 0.25) is 0 Å². The maximum absolute atomic E-state index is 4.19. The van der Waals surface area contributed by atoms with Gasteiger partial charge >= 0.3 is 0 Å². The Labute approximate surface area is 121 Å². The number of rotatable bonds is 6. The highest BCUT2D eigenvalue weighted by atomic mass is 15.1. The van der Waals surface area contributed by atoms with E-state index in [4.69, 9.17) is 0 Å². The fourth-order valence-electron chi connectivity index (χ4n) is 2.42. The van der Waals surface area contributed by atoms with Crippen LogP contribution in [0, 0.1) is 13.8 Å². The molecule has 108 valence electrons. The summed E-state index contributed by atoms with van der Waals surface area (Å²) >= 11 is 0. The first-order chi connectivity index (χ1) is 9.65. The number of benzene rings is 1. The predicted octanol–water partition coefficient (Wildman–Crippen LogP) is 3.48. The van der Waals surface area contributed by atoms with Crippen LogP contribution in [0.15, 0.2) is 24.3 Å². The van der Waals surface area contributed by atoms with Gasteiger partial charge in [0.25, 0.3) is 0 Å². The van der Waals surface area contributed by atoms with Gasteiger partial charge in [0.15, 0.2) is 0 Å². The van der Waals surface area contributed by atoms with Crippen molar-refractivity contribution in [3.8, 4) is 0 Å². The molecule has 4 heteroatoms. The van der Waals surface area contributed by atoms with Gasteiger partial charge in [0.1, 0.15) is 0 Å². The first-order valence-electron chi connectivity index (χ1n) is 7.25. The smallest absolute Gasteiger partial charge is 0.0825 e. The highest BCUT2D eigenvalue weighted by Crippen LogP contribution is 2.19. The molecule has 1 aromatic carbocycles. The topological polar surface area (TPSA) is 44.0 Å². The van der Waals surface area contributed by atoms with Gasteiger partial charge in [0.2, 0.25) is 0 Å². The van der Waals surface area contributed by atoms with Gasteiger partial charge in [-0.25, -0.2) is 0 Å². The van der Waals surface area contributed by atoms with Gasteiger partial charge in [-0.05, 0) is 45.4 Å². The number of hydrogen-bond donors (Lipinski definition) is 2. The molecule has 4 nitrogen and oxygen atoms in total. The molecule has 0 spiro atoms. The van der Waals surface area contributed by atoms with E-state index >= 15 is 0 Å². The Kier molecular flexibility index (Phi) is 4.66. The monoisotopic (exact) mass is 272 g/mol. The summed E-state index contributed by atoms with van der Waals surface area (Å²) in [7, 11) is 0. The first-order valence-corrected chi connectivity index (χ1v) is 7.25. The van der Waals surface area contributed by atoms with Gasteiger partial charge in [-0.3, -0.25) is 5.10 Å². The van der Waals surface area contributed by atoms with Crippen molar-refractivity contribution in [3.63, 3.8) is 0 Å². The van der Waals surface area contributed by atoms with Crippen LogP contribution < -0.4 is 10.2 Å². The van der Waals surface area contributed by atoms with E-state index in [-0.39, 0.29) is 0 Å². The van der Waals surface area contributed by atoms with Crippen LogP contribution in [0.4, 0.5) is 11.4 Å². The van der Waals surface area contributed by atoms with Crippen LogP contribution >= 0.6 is 0 Å². The van der Waals surface area contributed by atoms with Crippen molar-refractivity contribution in [2.24, 2.45) is 0 Å². The number of nitrogens with zero attached hydrogens (tertiary/aromatic N) is 2. The number of H-pyrrole nitrogens is 1. The highest BCUT2D eigenvalue weighted by Gasteiger charge is 2.06. The van der Waals surface area contributed by atoms with Gasteiger partial charge in [-0.1, -0.05) is 12.1 Å². The van der Waals surface area contributed by atoms with E-state index in [9.17, 15) is 0 Å². The van der Waals surface area contributed by atoms with Gasteiger partial charge in [0, 0.05) is 25.3 Å². The van der Waals surface area contributed by atoms with Crippen molar-refractivity contribution in [1.29, 1.82) is 0 Å². The predicted molar refractivity (Wildman–Crippen MR) is 85.4 cm³/mol. The summed E-state index contributed by atoms with van der Waals surface area (Å²) in [5, 5.41) is 10.6. The van der Waals surface area contributed by atoms with E-state index in [1.54, 1.807) is 0 Å². The van der Waals surface area contributed by atoms with Crippen LogP contribution in [0.5, 0.6) is 0 Å². The maximum Gasteiger partial charge on any atom is 0.0825 e. The molecule has 2 rings (SSSR count). The molecular weight excluding hydrogens is 248 g/mol. The van der Waals surface area contributed by atoms with Gasteiger partial charge in [-0.15, -0.1) is 0 Å². The van der Waals surface area contributed by atoms with E-state index in [2.05, 4.69) is 58.5 Å². The molecule has 2 aromatic rings. The maximum atomic E-state index is 4.19. The Morgan fingerprint density at radius 1 is 1.10 bits per heavy atom. The number of aromatic nitrogens is 2. The standard InChI is InChI=1S/C16H24N4/c1-5-20(6-2)15-9-7-14(8-10-15)11-17-16-12(3)18-19-13(16)4/h7-10,17H,5-6,11H2,1-4H3,(H,18,19). The molecule has 0 saturated carbocycles. The molecule has 2 N–H and O–H groups in total. The summed E-state index contributed by atoms with van der Waals surface area (Å²) in [5.41, 5.74) is 5.78. The van der Waals surface area contributed by atoms with Crippen LogP contribution in [-0.4, -0.2) is 23.3 Å². The molecule has 1 heterocycles. The molecule has 0 radical (unpaired) electrons. The molecule has 0 aliphatic rings. The molecule has 0 aliphatic heterocycles. The molecule has 0 unspecified atom stereocenters. The van der Waals surface area contributed by atoms with Crippen LogP contribution in [0.1, 0.15) is 30.8 Å². The molecule has 0 fully saturated rings. The quantitative estimate of drug-likeness (QED) is 0.846. The van der Waals surface area contributed by atoms with Crippen molar-refractivity contribution in [3.05, 3.63) is 41.2 Å². The molecule has 1 aromatic heterocycles. The molecule has 0 aliphatic carbocycles. The number of aromatic amines is 1. The molecule has 0 bridgehead atoms. The SMILES string of the molecule is CCN(CC)c1ccc(CNc2c(C)n[nH]c2C)cc1. The summed E-state index contributed by atoms with van der Waals surface area (Å²) in [6.45, 7) is 11.3. The first kappa shape index (κ1) is 14.4. The Bertz CT molecular complexity index is 519. The van der Waals surface area contributed by atoms with E-state index in [1.165, 1.54) is 11.3 Å². The van der Waals surface area contributed by atoms with Gasteiger partial charge < -0.3 is 10.2 Å². The normalized spacial score (nSPS) is 10.6. The number of nitrogens with one attached hydrogen (secondary N) is 2. The second-order valence-corrected chi connectivity index (χ2v) is 5.00. The van der Waals surface area contributed by atoms with Gasteiger partial charge in [-0.2, -0.15) is 5.10 Å². The van der Waals surface area contributed by atoms with Crippen molar-refractivity contribution in [1.82, 2.24) is 10.2 Å². The highest BCUT2D eigenvalue weighted by molar-refractivity contribution is 5.52. The van der Waals surface area contributed by atoms with E-state index in [0.29, 0.717) is 0 Å².